The maximum absolute atomic E-state index is 13.8. The number of hydrogen-bond acceptors (Lipinski definition) is 9. The van der Waals surface area contributed by atoms with Crippen LogP contribution >= 0.6 is 11.3 Å². The molecule has 1 aliphatic rings. The molecule has 40 heavy (non-hydrogen) atoms. The Morgan fingerprint density at radius 2 is 1.75 bits per heavy atom. The van der Waals surface area contributed by atoms with Crippen molar-refractivity contribution < 1.29 is 28.2 Å². The standard InChI is InChI=1S/C30H26N2O7S/c1-5-38-29(35)25-17(2)31-30-32(26(25)19-10-12-21(36-3)13-11-19)27(33)24(40-30)16-22-14-15-23(39-22)18-6-8-20(9-7-18)28(34)37-4/h6-16,26H,5H2,1-4H3/b24-16+. The highest BCUT2D eigenvalue weighted by Gasteiger charge is 2.33. The summed E-state index contributed by atoms with van der Waals surface area (Å²) in [7, 11) is 2.90. The first kappa shape index (κ1) is 26.9. The third-order valence-corrected chi connectivity index (χ3v) is 7.42. The average Bonchev–Trinajstić information content (AvgIpc) is 3.56. The molecule has 1 unspecified atom stereocenters. The zero-order valence-corrected chi connectivity index (χ0v) is 23.1. The number of nitrogens with zero attached hydrogens (tertiary/aromatic N) is 2. The van der Waals surface area contributed by atoms with E-state index in [1.807, 2.05) is 12.1 Å². The molecule has 3 heterocycles. The van der Waals surface area contributed by atoms with E-state index in [-0.39, 0.29) is 12.2 Å². The van der Waals surface area contributed by atoms with Crippen LogP contribution in [-0.4, -0.2) is 37.3 Å². The van der Waals surface area contributed by atoms with E-state index in [0.717, 1.165) is 11.1 Å². The Morgan fingerprint density at radius 1 is 1.02 bits per heavy atom. The van der Waals surface area contributed by atoms with Gasteiger partial charge in [0.1, 0.15) is 17.3 Å². The van der Waals surface area contributed by atoms with E-state index in [0.29, 0.717) is 43.4 Å². The van der Waals surface area contributed by atoms with Crippen molar-refractivity contribution >= 4 is 29.4 Å². The van der Waals surface area contributed by atoms with E-state index in [1.54, 1.807) is 75.6 Å². The van der Waals surface area contributed by atoms with Gasteiger partial charge >= 0.3 is 11.9 Å². The van der Waals surface area contributed by atoms with Gasteiger partial charge in [0.15, 0.2) is 4.80 Å². The first-order valence-corrected chi connectivity index (χ1v) is 13.3. The quantitative estimate of drug-likeness (QED) is 0.317. The van der Waals surface area contributed by atoms with Crippen LogP contribution in [0.3, 0.4) is 0 Å². The predicted octanol–water partition coefficient (Wildman–Crippen LogP) is 3.85. The third-order valence-electron chi connectivity index (χ3n) is 6.44. The Hall–Kier alpha value is -4.70. The normalized spacial score (nSPS) is 14.9. The molecule has 0 saturated heterocycles. The minimum Gasteiger partial charge on any atom is -0.497 e. The second-order valence-electron chi connectivity index (χ2n) is 8.85. The minimum atomic E-state index is -0.719. The SMILES string of the molecule is CCOC(=O)C1=C(C)N=c2s/c(=C/c3ccc(-c4ccc(C(=O)OC)cc4)o3)c(=O)n2C1c1ccc(OC)cc1. The highest BCUT2D eigenvalue weighted by Crippen LogP contribution is 2.31. The number of ether oxygens (including phenoxy) is 3. The Kier molecular flexibility index (Phi) is 7.52. The molecule has 5 rings (SSSR count). The van der Waals surface area contributed by atoms with Crippen LogP contribution in [0.15, 0.2) is 86.1 Å². The maximum Gasteiger partial charge on any atom is 0.338 e. The lowest BCUT2D eigenvalue weighted by atomic mass is 9.96. The van der Waals surface area contributed by atoms with Crippen molar-refractivity contribution in [1.82, 2.24) is 4.57 Å². The molecular weight excluding hydrogens is 532 g/mol. The number of methoxy groups -OCH3 is 2. The Bertz CT molecular complexity index is 1790. The lowest BCUT2D eigenvalue weighted by Crippen LogP contribution is -2.39. The molecular formula is C30H26N2O7S. The maximum atomic E-state index is 13.8. The molecule has 0 spiro atoms. The average molecular weight is 559 g/mol. The minimum absolute atomic E-state index is 0.196. The molecule has 204 valence electrons. The summed E-state index contributed by atoms with van der Waals surface area (Å²) in [6.45, 7) is 3.67. The van der Waals surface area contributed by atoms with Gasteiger partial charge in [-0.3, -0.25) is 9.36 Å². The van der Waals surface area contributed by atoms with Gasteiger partial charge in [0, 0.05) is 11.6 Å². The molecule has 0 bridgehead atoms. The number of esters is 2. The summed E-state index contributed by atoms with van der Waals surface area (Å²) in [4.78, 5) is 43.6. The van der Waals surface area contributed by atoms with Crippen LogP contribution < -0.4 is 19.6 Å². The molecule has 2 aromatic carbocycles. The second-order valence-corrected chi connectivity index (χ2v) is 9.86. The number of thiazole rings is 1. The summed E-state index contributed by atoms with van der Waals surface area (Å²) in [6, 6.07) is 16.9. The van der Waals surface area contributed by atoms with Crippen LogP contribution in [0.1, 0.15) is 41.6 Å². The molecule has 0 aliphatic carbocycles. The van der Waals surface area contributed by atoms with Gasteiger partial charge in [0.2, 0.25) is 0 Å². The summed E-state index contributed by atoms with van der Waals surface area (Å²) in [5.41, 5.74) is 2.41. The van der Waals surface area contributed by atoms with Crippen LogP contribution in [0.5, 0.6) is 5.75 Å². The van der Waals surface area contributed by atoms with Crippen molar-refractivity contribution in [3.05, 3.63) is 109 Å². The van der Waals surface area contributed by atoms with E-state index < -0.39 is 18.0 Å². The summed E-state index contributed by atoms with van der Waals surface area (Å²) >= 11 is 1.21. The van der Waals surface area contributed by atoms with Crippen molar-refractivity contribution in [3.63, 3.8) is 0 Å². The number of allylic oxidation sites excluding steroid dienone is 1. The molecule has 0 fully saturated rings. The highest BCUT2D eigenvalue weighted by atomic mass is 32.1. The van der Waals surface area contributed by atoms with Gasteiger partial charge in [-0.15, -0.1) is 0 Å². The summed E-state index contributed by atoms with van der Waals surface area (Å²) in [5.74, 6) is 0.763. The number of benzene rings is 2. The number of rotatable bonds is 7. The van der Waals surface area contributed by atoms with E-state index in [4.69, 9.17) is 18.6 Å². The molecule has 10 heteroatoms. The molecule has 0 radical (unpaired) electrons. The van der Waals surface area contributed by atoms with Gasteiger partial charge in [-0.1, -0.05) is 35.6 Å². The molecule has 1 atom stereocenters. The van der Waals surface area contributed by atoms with Crippen molar-refractivity contribution in [2.24, 2.45) is 4.99 Å². The van der Waals surface area contributed by atoms with Crippen LogP contribution in [0, 0.1) is 0 Å². The van der Waals surface area contributed by atoms with Crippen LogP contribution in [-0.2, 0) is 14.3 Å². The number of furan rings is 1. The highest BCUT2D eigenvalue weighted by molar-refractivity contribution is 7.07. The summed E-state index contributed by atoms with van der Waals surface area (Å²) in [5, 5.41) is 0. The summed E-state index contributed by atoms with van der Waals surface area (Å²) < 4.78 is 23.3. The fourth-order valence-corrected chi connectivity index (χ4v) is 5.52. The molecule has 0 saturated carbocycles. The number of carbonyl (C=O) groups is 2. The van der Waals surface area contributed by atoms with Crippen LogP contribution in [0.25, 0.3) is 17.4 Å². The Labute approximate surface area is 233 Å². The van der Waals surface area contributed by atoms with E-state index in [1.165, 1.54) is 23.0 Å². The van der Waals surface area contributed by atoms with Gasteiger partial charge in [0.05, 0.1) is 48.2 Å². The smallest absolute Gasteiger partial charge is 0.338 e. The zero-order valence-electron chi connectivity index (χ0n) is 22.3. The molecule has 0 N–H and O–H groups in total. The lowest BCUT2D eigenvalue weighted by Gasteiger charge is -2.24. The second kappa shape index (κ2) is 11.2. The lowest BCUT2D eigenvalue weighted by molar-refractivity contribution is -0.139. The molecule has 4 aromatic rings. The van der Waals surface area contributed by atoms with Gasteiger partial charge in [0.25, 0.3) is 5.56 Å². The number of aromatic nitrogens is 1. The van der Waals surface area contributed by atoms with Gasteiger partial charge in [-0.25, -0.2) is 14.6 Å². The first-order chi connectivity index (χ1) is 19.3. The predicted molar refractivity (Wildman–Crippen MR) is 149 cm³/mol. The number of carbonyl (C=O) groups excluding carboxylic acids is 2. The van der Waals surface area contributed by atoms with Crippen molar-refractivity contribution in [2.75, 3.05) is 20.8 Å². The molecule has 2 aromatic heterocycles. The molecule has 9 nitrogen and oxygen atoms in total. The van der Waals surface area contributed by atoms with Crippen molar-refractivity contribution in [2.45, 2.75) is 19.9 Å². The van der Waals surface area contributed by atoms with E-state index in [9.17, 15) is 14.4 Å². The van der Waals surface area contributed by atoms with Crippen LogP contribution in [0.2, 0.25) is 0 Å². The van der Waals surface area contributed by atoms with Gasteiger partial charge in [-0.2, -0.15) is 0 Å². The van der Waals surface area contributed by atoms with Gasteiger partial charge in [-0.05, 0) is 55.8 Å². The fourth-order valence-electron chi connectivity index (χ4n) is 4.50. The Morgan fingerprint density at radius 3 is 2.40 bits per heavy atom. The number of hydrogen-bond donors (Lipinski definition) is 0. The fraction of sp³-hybridized carbons (Fsp3) is 0.200. The van der Waals surface area contributed by atoms with Crippen LogP contribution in [0.4, 0.5) is 0 Å². The zero-order chi connectivity index (χ0) is 28.4. The van der Waals surface area contributed by atoms with Gasteiger partial charge < -0.3 is 18.6 Å². The van der Waals surface area contributed by atoms with Crippen molar-refractivity contribution in [3.8, 4) is 17.1 Å². The first-order valence-electron chi connectivity index (χ1n) is 12.5. The molecule has 1 aliphatic heterocycles. The third kappa shape index (κ3) is 5.01. The monoisotopic (exact) mass is 558 g/mol. The van der Waals surface area contributed by atoms with Crippen molar-refractivity contribution in [1.29, 1.82) is 0 Å². The molecule has 0 amide bonds. The van der Waals surface area contributed by atoms with E-state index >= 15 is 0 Å². The Balaban J connectivity index is 1.57. The summed E-state index contributed by atoms with van der Waals surface area (Å²) in [6.07, 6.45) is 1.66. The topological polar surface area (TPSA) is 109 Å². The number of fused-ring (bicyclic) bond motifs is 1. The largest absolute Gasteiger partial charge is 0.497 e. The van der Waals surface area contributed by atoms with E-state index in [2.05, 4.69) is 4.99 Å².